The average molecular weight is 382 g/mol. The quantitative estimate of drug-likeness (QED) is 0.515. The number of para-hydroxylation sites is 1. The Kier molecular flexibility index (Phi) is 5.33. The van der Waals surface area contributed by atoms with E-state index in [9.17, 15) is 9.90 Å². The molecule has 0 aliphatic rings. The Morgan fingerprint density at radius 3 is 2.63 bits per heavy atom. The van der Waals surface area contributed by atoms with Gasteiger partial charge in [-0.05, 0) is 56.7 Å². The lowest BCUT2D eigenvalue weighted by Crippen LogP contribution is -2.17. The number of hydrogen-bond donors (Lipinski definition) is 2. The molecule has 27 heavy (non-hydrogen) atoms. The van der Waals surface area contributed by atoms with Crippen LogP contribution in [-0.4, -0.2) is 21.8 Å². The van der Waals surface area contributed by atoms with Crippen LogP contribution in [0.4, 0.5) is 0 Å². The molecule has 1 amide bonds. The Labute approximate surface area is 162 Å². The number of aromatic hydroxyl groups is 1. The molecular formula is C21H20ClN3O2. The summed E-state index contributed by atoms with van der Waals surface area (Å²) in [5.41, 5.74) is 7.64. The van der Waals surface area contributed by atoms with Gasteiger partial charge in [0.1, 0.15) is 5.75 Å². The molecule has 0 aliphatic heterocycles. The van der Waals surface area contributed by atoms with Crippen molar-refractivity contribution in [3.05, 3.63) is 81.6 Å². The summed E-state index contributed by atoms with van der Waals surface area (Å²) in [6.45, 7) is 6.02. The fraction of sp³-hybridized carbons (Fsp3) is 0.143. The number of phenols is 1. The van der Waals surface area contributed by atoms with Crippen LogP contribution in [0.3, 0.4) is 0 Å². The van der Waals surface area contributed by atoms with Gasteiger partial charge >= 0.3 is 0 Å². The molecule has 0 aliphatic carbocycles. The van der Waals surface area contributed by atoms with E-state index in [1.807, 2.05) is 45.0 Å². The molecule has 2 aromatic carbocycles. The lowest BCUT2D eigenvalue weighted by Gasteiger charge is -2.13. The predicted octanol–water partition coefficient (Wildman–Crippen LogP) is 4.53. The normalized spacial score (nSPS) is 11.1. The first kappa shape index (κ1) is 18.7. The van der Waals surface area contributed by atoms with E-state index in [4.69, 9.17) is 11.6 Å². The highest BCUT2D eigenvalue weighted by atomic mass is 35.5. The van der Waals surface area contributed by atoms with E-state index in [0.717, 1.165) is 28.2 Å². The van der Waals surface area contributed by atoms with Crippen molar-refractivity contribution in [3.8, 4) is 11.4 Å². The van der Waals surface area contributed by atoms with E-state index in [1.54, 1.807) is 18.3 Å². The minimum atomic E-state index is -0.469. The number of hydrazone groups is 1. The highest BCUT2D eigenvalue weighted by Crippen LogP contribution is 2.25. The van der Waals surface area contributed by atoms with Crippen LogP contribution in [0.25, 0.3) is 5.69 Å². The van der Waals surface area contributed by atoms with Crippen LogP contribution < -0.4 is 5.43 Å². The van der Waals surface area contributed by atoms with E-state index >= 15 is 0 Å². The van der Waals surface area contributed by atoms with E-state index in [2.05, 4.69) is 15.1 Å². The van der Waals surface area contributed by atoms with Gasteiger partial charge in [-0.25, -0.2) is 5.43 Å². The van der Waals surface area contributed by atoms with Crippen LogP contribution >= 0.6 is 11.6 Å². The molecule has 0 bridgehead atoms. The number of carbonyl (C=O) groups excluding carboxylic acids is 1. The highest BCUT2D eigenvalue weighted by molar-refractivity contribution is 6.30. The van der Waals surface area contributed by atoms with Crippen molar-refractivity contribution in [3.63, 3.8) is 0 Å². The number of benzene rings is 2. The second-order valence-electron chi connectivity index (χ2n) is 6.31. The van der Waals surface area contributed by atoms with Crippen molar-refractivity contribution in [2.45, 2.75) is 20.8 Å². The third-order valence-corrected chi connectivity index (χ3v) is 4.64. The van der Waals surface area contributed by atoms with Gasteiger partial charge in [-0.15, -0.1) is 0 Å². The Morgan fingerprint density at radius 1 is 1.15 bits per heavy atom. The molecule has 0 saturated carbocycles. The zero-order valence-electron chi connectivity index (χ0n) is 15.3. The standard InChI is InChI=1S/C21H20ClN3O2/c1-13-8-9-17(22)11-19(13)25-14(2)10-16(15(25)3)12-23-24-21(27)18-6-4-5-7-20(18)26/h4-12,26H,1-3H3,(H,24,27)/b23-12-. The van der Waals surface area contributed by atoms with Gasteiger partial charge in [0.25, 0.3) is 5.91 Å². The first-order valence-corrected chi connectivity index (χ1v) is 8.83. The molecule has 1 aromatic heterocycles. The highest BCUT2D eigenvalue weighted by Gasteiger charge is 2.12. The van der Waals surface area contributed by atoms with Gasteiger partial charge in [0, 0.05) is 27.7 Å². The monoisotopic (exact) mass is 381 g/mol. The summed E-state index contributed by atoms with van der Waals surface area (Å²) in [6.07, 6.45) is 1.59. The second kappa shape index (κ2) is 7.68. The number of amides is 1. The van der Waals surface area contributed by atoms with E-state index in [1.165, 1.54) is 12.1 Å². The van der Waals surface area contributed by atoms with Crippen molar-refractivity contribution in [1.82, 2.24) is 9.99 Å². The maximum absolute atomic E-state index is 12.1. The van der Waals surface area contributed by atoms with Crippen LogP contribution in [-0.2, 0) is 0 Å². The molecule has 1 heterocycles. The van der Waals surface area contributed by atoms with Gasteiger partial charge in [0.2, 0.25) is 0 Å². The van der Waals surface area contributed by atoms with E-state index in [0.29, 0.717) is 5.02 Å². The maximum atomic E-state index is 12.1. The topological polar surface area (TPSA) is 66.6 Å². The Bertz CT molecular complexity index is 1040. The number of rotatable bonds is 4. The second-order valence-corrected chi connectivity index (χ2v) is 6.75. The van der Waals surface area contributed by atoms with E-state index < -0.39 is 5.91 Å². The number of carbonyl (C=O) groups is 1. The third-order valence-electron chi connectivity index (χ3n) is 4.40. The Balaban J connectivity index is 1.85. The molecule has 6 heteroatoms. The number of aryl methyl sites for hydroxylation is 2. The van der Waals surface area contributed by atoms with Crippen LogP contribution in [0.15, 0.2) is 53.6 Å². The smallest absolute Gasteiger partial charge is 0.275 e. The summed E-state index contributed by atoms with van der Waals surface area (Å²) in [4.78, 5) is 12.1. The zero-order chi connectivity index (χ0) is 19.6. The summed E-state index contributed by atoms with van der Waals surface area (Å²) in [7, 11) is 0. The van der Waals surface area contributed by atoms with Crippen molar-refractivity contribution >= 4 is 23.7 Å². The molecule has 0 unspecified atom stereocenters. The zero-order valence-corrected chi connectivity index (χ0v) is 16.1. The predicted molar refractivity (Wildman–Crippen MR) is 108 cm³/mol. The molecule has 0 spiro atoms. The third kappa shape index (κ3) is 3.88. The number of nitrogens with one attached hydrogen (secondary N) is 1. The Morgan fingerprint density at radius 2 is 1.89 bits per heavy atom. The van der Waals surface area contributed by atoms with Gasteiger partial charge in [-0.3, -0.25) is 4.79 Å². The summed E-state index contributed by atoms with van der Waals surface area (Å²) < 4.78 is 2.10. The molecule has 3 rings (SSSR count). The molecule has 0 fully saturated rings. The van der Waals surface area contributed by atoms with Crippen molar-refractivity contribution in [2.24, 2.45) is 5.10 Å². The van der Waals surface area contributed by atoms with Crippen molar-refractivity contribution < 1.29 is 9.90 Å². The van der Waals surface area contributed by atoms with Crippen molar-refractivity contribution in [1.29, 1.82) is 0 Å². The van der Waals surface area contributed by atoms with Gasteiger partial charge in [0.15, 0.2) is 0 Å². The van der Waals surface area contributed by atoms with Gasteiger partial charge < -0.3 is 9.67 Å². The fourth-order valence-electron chi connectivity index (χ4n) is 3.00. The minimum absolute atomic E-state index is 0.0835. The number of nitrogens with zero attached hydrogens (tertiary/aromatic N) is 2. The summed E-state index contributed by atoms with van der Waals surface area (Å²) in [6, 6.07) is 14.1. The Hall–Kier alpha value is -3.05. The summed E-state index contributed by atoms with van der Waals surface area (Å²) in [5, 5.41) is 14.4. The lowest BCUT2D eigenvalue weighted by molar-refractivity contribution is 0.0952. The minimum Gasteiger partial charge on any atom is -0.507 e. The SMILES string of the molecule is Cc1ccc(Cl)cc1-n1c(C)cc(/C=N\NC(=O)c2ccccc2O)c1C. The number of halogens is 1. The first-order chi connectivity index (χ1) is 12.9. The van der Waals surface area contributed by atoms with Gasteiger partial charge in [0.05, 0.1) is 11.8 Å². The fourth-order valence-corrected chi connectivity index (χ4v) is 3.17. The van der Waals surface area contributed by atoms with Crippen LogP contribution in [0.2, 0.25) is 5.02 Å². The van der Waals surface area contributed by atoms with Gasteiger partial charge in [-0.1, -0.05) is 29.8 Å². The number of hydrogen-bond acceptors (Lipinski definition) is 3. The molecule has 0 saturated heterocycles. The maximum Gasteiger partial charge on any atom is 0.275 e. The molecule has 0 radical (unpaired) electrons. The van der Waals surface area contributed by atoms with Gasteiger partial charge in [-0.2, -0.15) is 5.10 Å². The first-order valence-electron chi connectivity index (χ1n) is 8.45. The van der Waals surface area contributed by atoms with Crippen LogP contribution in [0.1, 0.15) is 32.9 Å². The number of phenolic OH excluding ortho intramolecular Hbond substituents is 1. The molecule has 138 valence electrons. The average Bonchev–Trinajstić information content (AvgIpc) is 2.91. The lowest BCUT2D eigenvalue weighted by atomic mass is 10.2. The van der Waals surface area contributed by atoms with E-state index in [-0.39, 0.29) is 11.3 Å². The van der Waals surface area contributed by atoms with Crippen LogP contribution in [0.5, 0.6) is 5.75 Å². The largest absolute Gasteiger partial charge is 0.507 e. The summed E-state index contributed by atoms with van der Waals surface area (Å²) >= 11 is 6.16. The molecule has 2 N–H and O–H groups in total. The van der Waals surface area contributed by atoms with Crippen LogP contribution in [0, 0.1) is 20.8 Å². The number of aromatic nitrogens is 1. The van der Waals surface area contributed by atoms with Crippen molar-refractivity contribution in [2.75, 3.05) is 0 Å². The molecule has 5 nitrogen and oxygen atoms in total. The summed E-state index contributed by atoms with van der Waals surface area (Å²) in [5.74, 6) is -0.552. The molecule has 0 atom stereocenters. The molecule has 3 aromatic rings. The molecular weight excluding hydrogens is 362 g/mol.